The molecule has 0 spiro atoms. The van der Waals surface area contributed by atoms with Gasteiger partial charge in [0.15, 0.2) is 11.5 Å². The van der Waals surface area contributed by atoms with Crippen molar-refractivity contribution in [3.05, 3.63) is 65.4 Å². The summed E-state index contributed by atoms with van der Waals surface area (Å²) in [6.45, 7) is 0.771. The number of ether oxygens (including phenoxy) is 3. The lowest BCUT2D eigenvalue weighted by molar-refractivity contribution is 0.174. The standard InChI is InChI=1S/C17H13NO3/c1-2-4-13(5-3-1)17-18-14(10-19-17)8-12-6-7-15-16(9-12)21-11-20-15/h1-9H,10-11H2/b14-8+. The van der Waals surface area contributed by atoms with E-state index in [1.54, 1.807) is 0 Å². The van der Waals surface area contributed by atoms with Gasteiger partial charge in [-0.25, -0.2) is 4.99 Å². The number of hydrogen-bond acceptors (Lipinski definition) is 4. The second kappa shape index (κ2) is 4.98. The van der Waals surface area contributed by atoms with Crippen molar-refractivity contribution < 1.29 is 14.2 Å². The summed E-state index contributed by atoms with van der Waals surface area (Å²) in [5, 5.41) is 0. The van der Waals surface area contributed by atoms with Crippen LogP contribution < -0.4 is 9.47 Å². The van der Waals surface area contributed by atoms with E-state index < -0.39 is 0 Å². The van der Waals surface area contributed by atoms with E-state index >= 15 is 0 Å². The Morgan fingerprint density at radius 3 is 2.67 bits per heavy atom. The van der Waals surface area contributed by atoms with Crippen LogP contribution in [0, 0.1) is 0 Å². The summed E-state index contributed by atoms with van der Waals surface area (Å²) in [5.74, 6) is 2.23. The largest absolute Gasteiger partial charge is 0.471 e. The van der Waals surface area contributed by atoms with Crippen LogP contribution in [0.25, 0.3) is 6.08 Å². The zero-order chi connectivity index (χ0) is 14.1. The topological polar surface area (TPSA) is 40.0 Å². The molecule has 4 heteroatoms. The van der Waals surface area contributed by atoms with Crippen molar-refractivity contribution in [2.24, 2.45) is 4.99 Å². The molecule has 0 atom stereocenters. The van der Waals surface area contributed by atoms with Gasteiger partial charge in [-0.15, -0.1) is 0 Å². The second-order valence-electron chi connectivity index (χ2n) is 4.82. The molecule has 0 unspecified atom stereocenters. The van der Waals surface area contributed by atoms with Gasteiger partial charge in [-0.3, -0.25) is 0 Å². The Kier molecular flexibility index (Phi) is 2.85. The van der Waals surface area contributed by atoms with Crippen molar-refractivity contribution in [3.8, 4) is 11.5 Å². The highest BCUT2D eigenvalue weighted by Gasteiger charge is 2.16. The summed E-state index contributed by atoms with van der Waals surface area (Å²) in [6, 6.07) is 15.7. The van der Waals surface area contributed by atoms with E-state index in [1.807, 2.05) is 54.6 Å². The average Bonchev–Trinajstić information content (AvgIpc) is 3.17. The molecule has 4 nitrogen and oxygen atoms in total. The normalized spacial score (nSPS) is 17.7. The van der Waals surface area contributed by atoms with E-state index in [0.717, 1.165) is 28.3 Å². The Morgan fingerprint density at radius 2 is 1.76 bits per heavy atom. The Morgan fingerprint density at radius 1 is 0.905 bits per heavy atom. The third kappa shape index (κ3) is 2.36. The van der Waals surface area contributed by atoms with Crippen LogP contribution in [0.15, 0.2) is 59.2 Å². The number of hydrogen-bond donors (Lipinski definition) is 0. The molecule has 4 rings (SSSR count). The molecule has 0 saturated heterocycles. The highest BCUT2D eigenvalue weighted by Crippen LogP contribution is 2.33. The third-order valence-corrected chi connectivity index (χ3v) is 3.35. The average molecular weight is 279 g/mol. The van der Waals surface area contributed by atoms with Gasteiger partial charge in [-0.05, 0) is 35.9 Å². The Balaban J connectivity index is 1.61. The number of benzene rings is 2. The van der Waals surface area contributed by atoms with Crippen LogP contribution in [0.4, 0.5) is 0 Å². The minimum absolute atomic E-state index is 0.286. The van der Waals surface area contributed by atoms with Gasteiger partial charge in [0.25, 0.3) is 0 Å². The highest BCUT2D eigenvalue weighted by molar-refractivity contribution is 5.96. The smallest absolute Gasteiger partial charge is 0.231 e. The van der Waals surface area contributed by atoms with Crippen molar-refractivity contribution in [2.45, 2.75) is 0 Å². The fourth-order valence-corrected chi connectivity index (χ4v) is 2.34. The van der Waals surface area contributed by atoms with Crippen LogP contribution in [-0.2, 0) is 4.74 Å². The molecule has 0 aromatic heterocycles. The molecule has 0 saturated carbocycles. The van der Waals surface area contributed by atoms with Gasteiger partial charge in [-0.1, -0.05) is 24.3 Å². The van der Waals surface area contributed by atoms with Gasteiger partial charge in [0, 0.05) is 5.56 Å². The molecule has 21 heavy (non-hydrogen) atoms. The fraction of sp³-hybridized carbons (Fsp3) is 0.118. The Hall–Kier alpha value is -2.75. The molecule has 0 N–H and O–H groups in total. The Labute approximate surface area is 122 Å². The van der Waals surface area contributed by atoms with E-state index in [0.29, 0.717) is 12.5 Å². The molecule has 0 fully saturated rings. The van der Waals surface area contributed by atoms with Crippen LogP contribution >= 0.6 is 0 Å². The van der Waals surface area contributed by atoms with E-state index in [2.05, 4.69) is 4.99 Å². The molecule has 0 bridgehead atoms. The van der Waals surface area contributed by atoms with Crippen LogP contribution in [0.5, 0.6) is 11.5 Å². The van der Waals surface area contributed by atoms with Gasteiger partial charge in [-0.2, -0.15) is 0 Å². The van der Waals surface area contributed by atoms with Crippen LogP contribution in [-0.4, -0.2) is 19.3 Å². The highest BCUT2D eigenvalue weighted by atomic mass is 16.7. The van der Waals surface area contributed by atoms with Crippen molar-refractivity contribution in [1.29, 1.82) is 0 Å². The zero-order valence-corrected chi connectivity index (χ0v) is 11.3. The molecular weight excluding hydrogens is 266 g/mol. The third-order valence-electron chi connectivity index (χ3n) is 3.35. The van der Waals surface area contributed by atoms with Crippen LogP contribution in [0.3, 0.4) is 0 Å². The monoisotopic (exact) mass is 279 g/mol. The molecular formula is C17H13NO3. The first-order chi connectivity index (χ1) is 10.4. The van der Waals surface area contributed by atoms with E-state index in [9.17, 15) is 0 Å². The number of fused-ring (bicyclic) bond motifs is 1. The molecule has 0 radical (unpaired) electrons. The maximum absolute atomic E-state index is 5.64. The van der Waals surface area contributed by atoms with Crippen molar-refractivity contribution in [1.82, 2.24) is 0 Å². The lowest BCUT2D eigenvalue weighted by Crippen LogP contribution is -1.99. The summed E-state index contributed by atoms with van der Waals surface area (Å²) < 4.78 is 16.3. The lowest BCUT2D eigenvalue weighted by Gasteiger charge is -1.99. The van der Waals surface area contributed by atoms with Crippen molar-refractivity contribution in [2.75, 3.05) is 13.4 Å². The zero-order valence-electron chi connectivity index (χ0n) is 11.3. The molecule has 2 heterocycles. The first-order valence-corrected chi connectivity index (χ1v) is 6.76. The van der Waals surface area contributed by atoms with Gasteiger partial charge in [0.05, 0.1) is 5.70 Å². The second-order valence-corrected chi connectivity index (χ2v) is 4.82. The summed E-state index contributed by atoms with van der Waals surface area (Å²) in [7, 11) is 0. The number of nitrogens with zero attached hydrogens (tertiary/aromatic N) is 1. The maximum atomic E-state index is 5.64. The number of rotatable bonds is 2. The minimum Gasteiger partial charge on any atom is -0.471 e. The SMILES string of the molecule is C(=C1/COC(c2ccccc2)=N1)/c1ccc2c(c1)OCO2. The molecule has 0 amide bonds. The van der Waals surface area contributed by atoms with Gasteiger partial charge in [0.2, 0.25) is 12.7 Å². The van der Waals surface area contributed by atoms with Gasteiger partial charge < -0.3 is 14.2 Å². The van der Waals surface area contributed by atoms with Gasteiger partial charge in [0.1, 0.15) is 6.61 Å². The fourth-order valence-electron chi connectivity index (χ4n) is 2.34. The van der Waals surface area contributed by atoms with E-state index in [-0.39, 0.29) is 6.79 Å². The minimum atomic E-state index is 0.286. The molecule has 104 valence electrons. The maximum Gasteiger partial charge on any atom is 0.231 e. The van der Waals surface area contributed by atoms with Crippen molar-refractivity contribution >= 4 is 12.0 Å². The predicted molar refractivity (Wildman–Crippen MR) is 79.5 cm³/mol. The molecule has 2 aromatic rings. The van der Waals surface area contributed by atoms with Crippen LogP contribution in [0.1, 0.15) is 11.1 Å². The van der Waals surface area contributed by atoms with Crippen LogP contribution in [0.2, 0.25) is 0 Å². The predicted octanol–water partition coefficient (Wildman–Crippen LogP) is 3.23. The summed E-state index contributed by atoms with van der Waals surface area (Å²) in [4.78, 5) is 4.53. The molecule has 2 aliphatic heterocycles. The molecule has 2 aliphatic rings. The molecule has 0 aliphatic carbocycles. The summed E-state index contributed by atoms with van der Waals surface area (Å²) >= 11 is 0. The quantitative estimate of drug-likeness (QED) is 0.847. The van der Waals surface area contributed by atoms with Crippen molar-refractivity contribution in [3.63, 3.8) is 0 Å². The molecule has 2 aromatic carbocycles. The summed E-state index contributed by atoms with van der Waals surface area (Å²) in [5.41, 5.74) is 2.91. The Bertz CT molecular complexity index is 735. The van der Waals surface area contributed by atoms with E-state index in [4.69, 9.17) is 14.2 Å². The first-order valence-electron chi connectivity index (χ1n) is 6.76. The van der Waals surface area contributed by atoms with E-state index in [1.165, 1.54) is 0 Å². The number of aliphatic imine (C=N–C) groups is 1. The first kappa shape index (κ1) is 12.0. The van der Waals surface area contributed by atoms with Gasteiger partial charge >= 0.3 is 0 Å². The lowest BCUT2D eigenvalue weighted by atomic mass is 10.1. The summed E-state index contributed by atoms with van der Waals surface area (Å²) in [6.07, 6.45) is 2.00.